The van der Waals surface area contributed by atoms with Gasteiger partial charge in [0.25, 0.3) is 0 Å². The van der Waals surface area contributed by atoms with E-state index in [0.717, 1.165) is 12.3 Å². The molecule has 84 valence electrons. The second-order valence-electron chi connectivity index (χ2n) is 5.33. The van der Waals surface area contributed by atoms with E-state index in [9.17, 15) is 5.26 Å². The first-order valence-electron chi connectivity index (χ1n) is 6.45. The Balaban J connectivity index is 1.98. The zero-order chi connectivity index (χ0) is 10.7. The Morgan fingerprint density at radius 1 is 1.13 bits per heavy atom. The maximum atomic E-state index is 9.18. The summed E-state index contributed by atoms with van der Waals surface area (Å²) in [7, 11) is 0. The first kappa shape index (κ1) is 11.0. The molecule has 0 N–H and O–H groups in total. The van der Waals surface area contributed by atoms with Crippen LogP contribution in [-0.2, 0) is 0 Å². The first-order chi connectivity index (χ1) is 7.31. The van der Waals surface area contributed by atoms with Crippen LogP contribution in [0.4, 0.5) is 0 Å². The SMILES string of the molecule is CC1CCCN(C2CCCCC2C#N)C1. The van der Waals surface area contributed by atoms with E-state index in [1.165, 1.54) is 45.2 Å². The van der Waals surface area contributed by atoms with Crippen molar-refractivity contribution in [1.82, 2.24) is 4.90 Å². The summed E-state index contributed by atoms with van der Waals surface area (Å²) in [5, 5.41) is 9.18. The molecule has 2 fully saturated rings. The molecule has 2 heteroatoms. The van der Waals surface area contributed by atoms with Crippen molar-refractivity contribution in [3.8, 4) is 6.07 Å². The Bertz CT molecular complexity index is 243. The largest absolute Gasteiger partial charge is 0.299 e. The summed E-state index contributed by atoms with van der Waals surface area (Å²) in [6.07, 6.45) is 7.68. The Morgan fingerprint density at radius 2 is 1.93 bits per heavy atom. The molecule has 0 spiro atoms. The van der Waals surface area contributed by atoms with Crippen LogP contribution in [0.15, 0.2) is 0 Å². The topological polar surface area (TPSA) is 27.0 Å². The Morgan fingerprint density at radius 3 is 2.67 bits per heavy atom. The highest BCUT2D eigenvalue weighted by Crippen LogP contribution is 2.30. The molecule has 0 bridgehead atoms. The van der Waals surface area contributed by atoms with Gasteiger partial charge in [0.2, 0.25) is 0 Å². The molecule has 2 rings (SSSR count). The van der Waals surface area contributed by atoms with Gasteiger partial charge >= 0.3 is 0 Å². The number of piperidine rings is 1. The Kier molecular flexibility index (Phi) is 3.64. The van der Waals surface area contributed by atoms with Crippen molar-refractivity contribution in [2.45, 2.75) is 51.5 Å². The lowest BCUT2D eigenvalue weighted by molar-refractivity contribution is 0.0829. The monoisotopic (exact) mass is 206 g/mol. The van der Waals surface area contributed by atoms with Crippen LogP contribution in [0.2, 0.25) is 0 Å². The van der Waals surface area contributed by atoms with E-state index in [0.29, 0.717) is 12.0 Å². The minimum Gasteiger partial charge on any atom is -0.299 e. The lowest BCUT2D eigenvalue weighted by Crippen LogP contribution is -2.46. The van der Waals surface area contributed by atoms with Crippen molar-refractivity contribution in [2.75, 3.05) is 13.1 Å². The predicted octanol–water partition coefficient (Wildman–Crippen LogP) is 2.80. The van der Waals surface area contributed by atoms with Crippen molar-refractivity contribution >= 4 is 0 Å². The second kappa shape index (κ2) is 4.99. The summed E-state index contributed by atoms with van der Waals surface area (Å²) >= 11 is 0. The van der Waals surface area contributed by atoms with E-state index in [4.69, 9.17) is 0 Å². The van der Waals surface area contributed by atoms with E-state index >= 15 is 0 Å². The minimum atomic E-state index is 0.309. The number of rotatable bonds is 1. The standard InChI is InChI=1S/C13H22N2/c1-11-5-4-8-15(10-11)13-7-3-2-6-12(13)9-14/h11-13H,2-8,10H2,1H3. The molecule has 3 unspecified atom stereocenters. The molecule has 0 amide bonds. The third kappa shape index (κ3) is 2.52. The number of hydrogen-bond acceptors (Lipinski definition) is 2. The fraction of sp³-hybridized carbons (Fsp3) is 0.923. The summed E-state index contributed by atoms with van der Waals surface area (Å²) < 4.78 is 0. The van der Waals surface area contributed by atoms with Gasteiger partial charge in [0.15, 0.2) is 0 Å². The quantitative estimate of drug-likeness (QED) is 0.659. The molecule has 0 aromatic rings. The number of nitriles is 1. The lowest BCUT2D eigenvalue weighted by atomic mass is 9.83. The maximum Gasteiger partial charge on any atom is 0.0672 e. The highest BCUT2D eigenvalue weighted by molar-refractivity contribution is 4.96. The van der Waals surface area contributed by atoms with E-state index < -0.39 is 0 Å². The fourth-order valence-corrected chi connectivity index (χ4v) is 3.23. The normalized spacial score (nSPS) is 38.5. The smallest absolute Gasteiger partial charge is 0.0672 e. The summed E-state index contributed by atoms with van der Waals surface area (Å²) in [5.74, 6) is 1.14. The maximum absolute atomic E-state index is 9.18. The van der Waals surface area contributed by atoms with Gasteiger partial charge in [-0.1, -0.05) is 19.8 Å². The van der Waals surface area contributed by atoms with Crippen LogP contribution in [0.25, 0.3) is 0 Å². The Labute approximate surface area is 93.3 Å². The molecular formula is C13H22N2. The van der Waals surface area contributed by atoms with Gasteiger partial charge in [0, 0.05) is 12.6 Å². The molecule has 3 atom stereocenters. The van der Waals surface area contributed by atoms with E-state index in [-0.39, 0.29) is 0 Å². The highest BCUT2D eigenvalue weighted by Gasteiger charge is 2.31. The van der Waals surface area contributed by atoms with Gasteiger partial charge in [-0.25, -0.2) is 0 Å². The average molecular weight is 206 g/mol. The summed E-state index contributed by atoms with van der Waals surface area (Å²) in [5.41, 5.74) is 0. The second-order valence-corrected chi connectivity index (χ2v) is 5.33. The van der Waals surface area contributed by atoms with Gasteiger partial charge in [0.05, 0.1) is 12.0 Å². The zero-order valence-electron chi connectivity index (χ0n) is 9.78. The van der Waals surface area contributed by atoms with Crippen LogP contribution in [-0.4, -0.2) is 24.0 Å². The molecule has 0 aromatic heterocycles. The van der Waals surface area contributed by atoms with Crippen LogP contribution >= 0.6 is 0 Å². The third-order valence-electron chi connectivity index (χ3n) is 4.05. The average Bonchev–Trinajstić information content (AvgIpc) is 2.29. The van der Waals surface area contributed by atoms with Crippen LogP contribution in [0.5, 0.6) is 0 Å². The molecule has 15 heavy (non-hydrogen) atoms. The van der Waals surface area contributed by atoms with Crippen LogP contribution in [0.1, 0.15) is 45.4 Å². The van der Waals surface area contributed by atoms with E-state index in [1.807, 2.05) is 0 Å². The van der Waals surface area contributed by atoms with Crippen molar-refractivity contribution < 1.29 is 0 Å². The van der Waals surface area contributed by atoms with Gasteiger partial charge < -0.3 is 0 Å². The molecule has 1 aliphatic heterocycles. The number of likely N-dealkylation sites (tertiary alicyclic amines) is 1. The van der Waals surface area contributed by atoms with Gasteiger partial charge in [-0.15, -0.1) is 0 Å². The summed E-state index contributed by atoms with van der Waals surface area (Å²) in [6.45, 7) is 4.80. The van der Waals surface area contributed by atoms with Gasteiger partial charge in [-0.2, -0.15) is 5.26 Å². The number of hydrogen-bond donors (Lipinski definition) is 0. The summed E-state index contributed by atoms with van der Waals surface area (Å²) in [6, 6.07) is 3.10. The van der Waals surface area contributed by atoms with Crippen molar-refractivity contribution in [1.29, 1.82) is 5.26 Å². The summed E-state index contributed by atoms with van der Waals surface area (Å²) in [4.78, 5) is 2.60. The molecule has 0 radical (unpaired) electrons. The fourth-order valence-electron chi connectivity index (χ4n) is 3.23. The Hall–Kier alpha value is -0.550. The molecule has 1 aliphatic carbocycles. The first-order valence-corrected chi connectivity index (χ1v) is 6.45. The molecular weight excluding hydrogens is 184 g/mol. The molecule has 2 aliphatic rings. The van der Waals surface area contributed by atoms with Crippen molar-refractivity contribution in [3.05, 3.63) is 0 Å². The molecule has 2 nitrogen and oxygen atoms in total. The van der Waals surface area contributed by atoms with Crippen LogP contribution in [0, 0.1) is 23.2 Å². The van der Waals surface area contributed by atoms with E-state index in [2.05, 4.69) is 17.9 Å². The minimum absolute atomic E-state index is 0.309. The molecule has 1 saturated heterocycles. The van der Waals surface area contributed by atoms with Crippen LogP contribution in [0.3, 0.4) is 0 Å². The highest BCUT2D eigenvalue weighted by atomic mass is 15.2. The van der Waals surface area contributed by atoms with E-state index in [1.54, 1.807) is 0 Å². The zero-order valence-corrected chi connectivity index (χ0v) is 9.78. The molecule has 1 heterocycles. The van der Waals surface area contributed by atoms with Crippen LogP contribution < -0.4 is 0 Å². The van der Waals surface area contributed by atoms with Gasteiger partial charge in [0.1, 0.15) is 0 Å². The predicted molar refractivity (Wildman–Crippen MR) is 61.3 cm³/mol. The van der Waals surface area contributed by atoms with Crippen molar-refractivity contribution in [2.24, 2.45) is 11.8 Å². The van der Waals surface area contributed by atoms with Gasteiger partial charge in [-0.3, -0.25) is 4.90 Å². The number of nitrogens with zero attached hydrogens (tertiary/aromatic N) is 2. The molecule has 1 saturated carbocycles. The molecule has 0 aromatic carbocycles. The lowest BCUT2D eigenvalue weighted by Gasteiger charge is -2.41. The van der Waals surface area contributed by atoms with Gasteiger partial charge in [-0.05, 0) is 38.1 Å². The van der Waals surface area contributed by atoms with Crippen molar-refractivity contribution in [3.63, 3.8) is 0 Å². The third-order valence-corrected chi connectivity index (χ3v) is 4.05.